The van der Waals surface area contributed by atoms with E-state index in [1.54, 1.807) is 24.3 Å². The summed E-state index contributed by atoms with van der Waals surface area (Å²) >= 11 is 3.30. The number of halogens is 1. The number of benzene rings is 1. The van der Waals surface area contributed by atoms with E-state index in [9.17, 15) is 13.2 Å². The summed E-state index contributed by atoms with van der Waals surface area (Å²) in [5.41, 5.74) is 0.638. The van der Waals surface area contributed by atoms with Crippen molar-refractivity contribution in [2.45, 2.75) is 24.6 Å². The molecule has 0 saturated carbocycles. The molecule has 7 heteroatoms. The van der Waals surface area contributed by atoms with Crippen LogP contribution in [0.25, 0.3) is 0 Å². The highest BCUT2D eigenvalue weighted by Crippen LogP contribution is 2.26. The summed E-state index contributed by atoms with van der Waals surface area (Å²) in [7, 11) is -3.61. The number of rotatable bonds is 4. The minimum Gasteiger partial charge on any atom is -0.480 e. The van der Waals surface area contributed by atoms with Gasteiger partial charge in [-0.2, -0.15) is 4.31 Å². The molecule has 1 aliphatic heterocycles. The van der Waals surface area contributed by atoms with Crippen LogP contribution in [0.15, 0.2) is 28.7 Å². The van der Waals surface area contributed by atoms with E-state index in [0.717, 1.165) is 4.31 Å². The Labute approximate surface area is 120 Å². The van der Waals surface area contributed by atoms with Crippen molar-refractivity contribution < 1.29 is 18.3 Å². The monoisotopic (exact) mass is 347 g/mol. The Kier molecular flexibility index (Phi) is 4.27. The average Bonchev–Trinajstić information content (AvgIpc) is 2.82. The molecule has 1 fully saturated rings. The van der Waals surface area contributed by atoms with Crippen molar-refractivity contribution in [2.24, 2.45) is 0 Å². The van der Waals surface area contributed by atoms with Crippen LogP contribution in [0.1, 0.15) is 18.4 Å². The van der Waals surface area contributed by atoms with Gasteiger partial charge in [-0.3, -0.25) is 4.79 Å². The number of carbonyl (C=O) groups is 1. The van der Waals surface area contributed by atoms with Crippen molar-refractivity contribution in [1.29, 1.82) is 0 Å². The Morgan fingerprint density at radius 1 is 1.42 bits per heavy atom. The highest BCUT2D eigenvalue weighted by Gasteiger charge is 2.38. The van der Waals surface area contributed by atoms with Gasteiger partial charge in [0.05, 0.1) is 5.75 Å². The fourth-order valence-electron chi connectivity index (χ4n) is 2.21. The fraction of sp³-hybridized carbons (Fsp3) is 0.417. The third-order valence-corrected chi connectivity index (χ3v) is 5.74. The van der Waals surface area contributed by atoms with E-state index in [4.69, 9.17) is 5.11 Å². The van der Waals surface area contributed by atoms with Crippen LogP contribution in [-0.2, 0) is 20.6 Å². The normalized spacial score (nSPS) is 20.6. The number of hydrogen-bond donors (Lipinski definition) is 1. The molecule has 1 aromatic rings. The molecule has 0 spiro atoms. The largest absolute Gasteiger partial charge is 0.480 e. The Morgan fingerprint density at radius 2 is 2.11 bits per heavy atom. The van der Waals surface area contributed by atoms with Crippen molar-refractivity contribution in [3.63, 3.8) is 0 Å². The zero-order valence-electron chi connectivity index (χ0n) is 10.1. The molecular weight excluding hydrogens is 334 g/mol. The van der Waals surface area contributed by atoms with Crippen molar-refractivity contribution >= 4 is 31.9 Å². The Balaban J connectivity index is 2.24. The SMILES string of the molecule is O=C(O)[C@H]1CCCN1S(=O)(=O)Cc1ccccc1Br. The summed E-state index contributed by atoms with van der Waals surface area (Å²) in [4.78, 5) is 11.1. The van der Waals surface area contributed by atoms with Gasteiger partial charge in [0, 0.05) is 11.0 Å². The molecule has 19 heavy (non-hydrogen) atoms. The molecule has 1 heterocycles. The van der Waals surface area contributed by atoms with E-state index < -0.39 is 22.0 Å². The van der Waals surface area contributed by atoms with Gasteiger partial charge in [0.1, 0.15) is 6.04 Å². The quantitative estimate of drug-likeness (QED) is 0.901. The van der Waals surface area contributed by atoms with Crippen molar-refractivity contribution in [3.05, 3.63) is 34.3 Å². The third-order valence-electron chi connectivity index (χ3n) is 3.14. The molecule has 1 aromatic carbocycles. The number of carboxylic acid groups (broad SMARTS) is 1. The van der Waals surface area contributed by atoms with Gasteiger partial charge >= 0.3 is 5.97 Å². The molecule has 0 aromatic heterocycles. The van der Waals surface area contributed by atoms with Crippen LogP contribution in [0.2, 0.25) is 0 Å². The predicted octanol–water partition coefficient (Wildman–Crippen LogP) is 1.83. The summed E-state index contributed by atoms with van der Waals surface area (Å²) < 4.78 is 26.4. The summed E-state index contributed by atoms with van der Waals surface area (Å²) in [6.45, 7) is 0.282. The van der Waals surface area contributed by atoms with Gasteiger partial charge in [-0.05, 0) is 24.5 Å². The zero-order chi connectivity index (χ0) is 14.0. The van der Waals surface area contributed by atoms with Gasteiger partial charge in [0.2, 0.25) is 10.0 Å². The molecular formula is C12H14BrNO4S. The van der Waals surface area contributed by atoms with E-state index in [0.29, 0.717) is 22.9 Å². The summed E-state index contributed by atoms with van der Waals surface area (Å²) in [6, 6.07) is 6.12. The molecule has 0 unspecified atom stereocenters. The molecule has 2 rings (SSSR count). The van der Waals surface area contributed by atoms with E-state index in [-0.39, 0.29) is 12.3 Å². The second-order valence-electron chi connectivity index (χ2n) is 4.45. The van der Waals surface area contributed by atoms with Crippen LogP contribution in [-0.4, -0.2) is 36.4 Å². The zero-order valence-corrected chi connectivity index (χ0v) is 12.5. The van der Waals surface area contributed by atoms with Gasteiger partial charge in [-0.15, -0.1) is 0 Å². The maximum atomic E-state index is 12.3. The van der Waals surface area contributed by atoms with Crippen molar-refractivity contribution in [2.75, 3.05) is 6.54 Å². The lowest BCUT2D eigenvalue weighted by molar-refractivity contribution is -0.140. The summed E-state index contributed by atoms with van der Waals surface area (Å²) in [6.07, 6.45) is 0.969. The lowest BCUT2D eigenvalue weighted by Crippen LogP contribution is -2.40. The maximum absolute atomic E-state index is 12.3. The molecule has 0 aliphatic carbocycles. The van der Waals surface area contributed by atoms with Crippen LogP contribution in [0, 0.1) is 0 Å². The number of sulfonamides is 1. The van der Waals surface area contributed by atoms with Crippen LogP contribution in [0.4, 0.5) is 0 Å². The fourth-order valence-corrected chi connectivity index (χ4v) is 4.63. The lowest BCUT2D eigenvalue weighted by atomic mass is 10.2. The molecule has 5 nitrogen and oxygen atoms in total. The topological polar surface area (TPSA) is 74.7 Å². The number of hydrogen-bond acceptors (Lipinski definition) is 3. The highest BCUT2D eigenvalue weighted by molar-refractivity contribution is 9.10. The summed E-state index contributed by atoms with van der Waals surface area (Å²) in [5.74, 6) is -1.26. The van der Waals surface area contributed by atoms with E-state index in [1.165, 1.54) is 0 Å². The average molecular weight is 348 g/mol. The van der Waals surface area contributed by atoms with Gasteiger partial charge in [0.15, 0.2) is 0 Å². The number of carboxylic acids is 1. The second-order valence-corrected chi connectivity index (χ2v) is 7.23. The van der Waals surface area contributed by atoms with Crippen LogP contribution < -0.4 is 0 Å². The van der Waals surface area contributed by atoms with E-state index in [1.807, 2.05) is 0 Å². The molecule has 1 atom stereocenters. The van der Waals surface area contributed by atoms with Crippen LogP contribution >= 0.6 is 15.9 Å². The lowest BCUT2D eigenvalue weighted by Gasteiger charge is -2.21. The maximum Gasteiger partial charge on any atom is 0.322 e. The van der Waals surface area contributed by atoms with Crippen LogP contribution in [0.3, 0.4) is 0 Å². The van der Waals surface area contributed by atoms with Gasteiger partial charge in [-0.25, -0.2) is 8.42 Å². The first-order valence-corrected chi connectivity index (χ1v) is 8.28. The molecule has 1 saturated heterocycles. The third kappa shape index (κ3) is 3.16. The second kappa shape index (κ2) is 5.60. The number of aliphatic carboxylic acids is 1. The standard InChI is InChI=1S/C12H14BrNO4S/c13-10-5-2-1-4-9(10)8-19(17,18)14-7-3-6-11(14)12(15)16/h1-2,4-5,11H,3,6-8H2,(H,15,16)/t11-/m1/s1. The van der Waals surface area contributed by atoms with Gasteiger partial charge in [-0.1, -0.05) is 34.1 Å². The minimum atomic E-state index is -3.61. The van der Waals surface area contributed by atoms with Crippen LogP contribution in [0.5, 0.6) is 0 Å². The molecule has 0 amide bonds. The van der Waals surface area contributed by atoms with E-state index >= 15 is 0 Å². The minimum absolute atomic E-state index is 0.182. The molecule has 0 bridgehead atoms. The Bertz CT molecular complexity index is 587. The predicted molar refractivity (Wildman–Crippen MR) is 74.1 cm³/mol. The Morgan fingerprint density at radius 3 is 2.74 bits per heavy atom. The van der Waals surface area contributed by atoms with E-state index in [2.05, 4.69) is 15.9 Å². The highest BCUT2D eigenvalue weighted by atomic mass is 79.9. The van der Waals surface area contributed by atoms with Crippen molar-refractivity contribution in [3.8, 4) is 0 Å². The van der Waals surface area contributed by atoms with Crippen molar-refractivity contribution in [1.82, 2.24) is 4.31 Å². The Hall–Kier alpha value is -0.920. The molecule has 104 valence electrons. The van der Waals surface area contributed by atoms with Gasteiger partial charge in [0.25, 0.3) is 0 Å². The molecule has 1 aliphatic rings. The molecule has 1 N–H and O–H groups in total. The van der Waals surface area contributed by atoms with Gasteiger partial charge < -0.3 is 5.11 Å². The first-order chi connectivity index (χ1) is 8.92. The molecule has 0 radical (unpaired) electrons. The summed E-state index contributed by atoms with van der Waals surface area (Å²) in [5, 5.41) is 9.05. The smallest absolute Gasteiger partial charge is 0.322 e. The first kappa shape index (κ1) is 14.5. The number of nitrogens with zero attached hydrogens (tertiary/aromatic N) is 1. The first-order valence-electron chi connectivity index (χ1n) is 5.87.